The Morgan fingerprint density at radius 2 is 1.73 bits per heavy atom. The Morgan fingerprint density at radius 1 is 0.933 bits per heavy atom. The third kappa shape index (κ3) is 4.16. The van der Waals surface area contributed by atoms with Crippen molar-refractivity contribution in [2.75, 3.05) is 20.8 Å². The number of aromatic nitrogens is 2. The minimum absolute atomic E-state index is 0.617. The van der Waals surface area contributed by atoms with Crippen LogP contribution in [0.15, 0.2) is 72.9 Å². The van der Waals surface area contributed by atoms with Crippen molar-refractivity contribution in [1.29, 1.82) is 0 Å². The van der Waals surface area contributed by atoms with Gasteiger partial charge in [0.1, 0.15) is 5.65 Å². The molecule has 5 heteroatoms. The smallest absolute Gasteiger partial charge is 0.161 e. The van der Waals surface area contributed by atoms with Gasteiger partial charge in [-0.1, -0.05) is 42.5 Å². The maximum absolute atomic E-state index is 5.64. The van der Waals surface area contributed by atoms with Crippen molar-refractivity contribution in [2.45, 2.75) is 20.0 Å². The van der Waals surface area contributed by atoms with Gasteiger partial charge in [-0.25, -0.2) is 4.98 Å². The fraction of sp³-hybridized carbons (Fsp3) is 0.240. The quantitative estimate of drug-likeness (QED) is 0.415. The Morgan fingerprint density at radius 3 is 2.50 bits per heavy atom. The van der Waals surface area contributed by atoms with E-state index < -0.39 is 0 Å². The van der Waals surface area contributed by atoms with Crippen LogP contribution in [0.5, 0.6) is 11.5 Å². The van der Waals surface area contributed by atoms with Crippen molar-refractivity contribution in [2.24, 2.45) is 0 Å². The van der Waals surface area contributed by atoms with Gasteiger partial charge in [-0.2, -0.15) is 0 Å². The highest BCUT2D eigenvalue weighted by Crippen LogP contribution is 2.29. The minimum Gasteiger partial charge on any atom is -0.493 e. The van der Waals surface area contributed by atoms with Crippen LogP contribution in [0.3, 0.4) is 0 Å². The molecular weight excluding hydrogens is 374 g/mol. The molecule has 0 N–H and O–H groups in total. The van der Waals surface area contributed by atoms with Gasteiger partial charge >= 0.3 is 0 Å². The number of benzene rings is 2. The van der Waals surface area contributed by atoms with Crippen LogP contribution < -0.4 is 9.47 Å². The monoisotopic (exact) mass is 401 g/mol. The van der Waals surface area contributed by atoms with Gasteiger partial charge in [-0.05, 0) is 43.8 Å². The molecule has 0 spiro atoms. The zero-order valence-corrected chi connectivity index (χ0v) is 17.7. The van der Waals surface area contributed by atoms with Gasteiger partial charge in [0.2, 0.25) is 0 Å². The fourth-order valence-electron chi connectivity index (χ4n) is 3.73. The normalized spacial score (nSPS) is 11.2. The molecule has 0 saturated carbocycles. The summed E-state index contributed by atoms with van der Waals surface area (Å²) in [5.41, 5.74) is 5.47. The van der Waals surface area contributed by atoms with Gasteiger partial charge in [0.15, 0.2) is 11.5 Å². The second kappa shape index (κ2) is 9.01. The zero-order chi connectivity index (χ0) is 20.9. The molecule has 2 aromatic heterocycles. The summed E-state index contributed by atoms with van der Waals surface area (Å²) in [6, 6.07) is 22.6. The van der Waals surface area contributed by atoms with E-state index in [0.717, 1.165) is 41.5 Å². The molecule has 0 atom stereocenters. The minimum atomic E-state index is 0.617. The van der Waals surface area contributed by atoms with Gasteiger partial charge in [0.25, 0.3) is 0 Å². The Labute approximate surface area is 177 Å². The summed E-state index contributed by atoms with van der Waals surface area (Å²) in [6.45, 7) is 4.15. The summed E-state index contributed by atoms with van der Waals surface area (Å²) >= 11 is 0. The first kappa shape index (κ1) is 20.0. The first-order valence-electron chi connectivity index (χ1n) is 10.2. The number of imidazole rings is 1. The molecule has 0 aliphatic rings. The van der Waals surface area contributed by atoms with Crippen LogP contribution in [-0.2, 0) is 13.1 Å². The first-order valence-corrected chi connectivity index (χ1v) is 10.2. The van der Waals surface area contributed by atoms with E-state index in [9.17, 15) is 0 Å². The van der Waals surface area contributed by atoms with Crippen LogP contribution in [0.25, 0.3) is 16.9 Å². The summed E-state index contributed by atoms with van der Waals surface area (Å²) in [4.78, 5) is 7.19. The first-order chi connectivity index (χ1) is 14.7. The third-order valence-electron chi connectivity index (χ3n) is 5.08. The molecule has 0 unspecified atom stereocenters. The molecule has 0 radical (unpaired) electrons. The summed E-state index contributed by atoms with van der Waals surface area (Å²) in [7, 11) is 3.80. The zero-order valence-electron chi connectivity index (χ0n) is 17.7. The van der Waals surface area contributed by atoms with E-state index in [1.54, 1.807) is 7.11 Å². The Kier molecular flexibility index (Phi) is 6.00. The van der Waals surface area contributed by atoms with Crippen LogP contribution in [0.4, 0.5) is 0 Å². The molecule has 0 aliphatic heterocycles. The summed E-state index contributed by atoms with van der Waals surface area (Å²) in [6.07, 6.45) is 2.08. The van der Waals surface area contributed by atoms with E-state index in [1.165, 1.54) is 11.3 Å². The second-order valence-electron chi connectivity index (χ2n) is 7.29. The number of rotatable bonds is 8. The Bertz CT molecular complexity index is 1120. The molecule has 30 heavy (non-hydrogen) atoms. The van der Waals surface area contributed by atoms with Crippen LogP contribution in [-0.4, -0.2) is 35.0 Å². The van der Waals surface area contributed by atoms with Crippen LogP contribution in [0.2, 0.25) is 0 Å². The van der Waals surface area contributed by atoms with E-state index in [4.69, 9.17) is 14.5 Å². The maximum Gasteiger partial charge on any atom is 0.161 e. The van der Waals surface area contributed by atoms with E-state index in [0.29, 0.717) is 6.61 Å². The Balaban J connectivity index is 1.61. The molecule has 0 saturated heterocycles. The lowest BCUT2D eigenvalue weighted by Gasteiger charge is -2.19. The van der Waals surface area contributed by atoms with Gasteiger partial charge in [-0.3, -0.25) is 4.90 Å². The number of fused-ring (bicyclic) bond motifs is 1. The molecule has 0 fully saturated rings. The van der Waals surface area contributed by atoms with E-state index in [2.05, 4.69) is 52.9 Å². The number of methoxy groups -OCH3 is 1. The predicted octanol–water partition coefficient (Wildman–Crippen LogP) is 5.04. The van der Waals surface area contributed by atoms with Crippen LogP contribution in [0, 0.1) is 0 Å². The van der Waals surface area contributed by atoms with Crippen molar-refractivity contribution < 1.29 is 9.47 Å². The highest BCUT2D eigenvalue weighted by Gasteiger charge is 2.16. The molecule has 0 amide bonds. The highest BCUT2D eigenvalue weighted by atomic mass is 16.5. The molecule has 154 valence electrons. The maximum atomic E-state index is 5.64. The number of nitrogens with zero attached hydrogens (tertiary/aromatic N) is 3. The van der Waals surface area contributed by atoms with E-state index in [1.807, 2.05) is 43.3 Å². The number of pyridine rings is 1. The number of hydrogen-bond donors (Lipinski definition) is 0. The molecule has 4 aromatic rings. The SMILES string of the molecule is CCOc1ccc(CN(C)Cc2c(-c3ccccc3)nc3ccccn23)cc1OC. The van der Waals surface area contributed by atoms with Gasteiger partial charge in [-0.15, -0.1) is 0 Å². The largest absolute Gasteiger partial charge is 0.493 e. The lowest BCUT2D eigenvalue weighted by Crippen LogP contribution is -2.19. The predicted molar refractivity (Wildman–Crippen MR) is 120 cm³/mol. The molecule has 0 bridgehead atoms. The standard InChI is InChI=1S/C25H27N3O2/c1-4-30-22-14-13-19(16-23(22)29-3)17-27(2)18-21-25(20-10-6-5-7-11-20)26-24-12-8-9-15-28(21)24/h5-16H,4,17-18H2,1-3H3. The van der Waals surface area contributed by atoms with E-state index in [-0.39, 0.29) is 0 Å². The third-order valence-corrected chi connectivity index (χ3v) is 5.08. The van der Waals surface area contributed by atoms with Gasteiger partial charge in [0, 0.05) is 24.8 Å². The summed E-state index contributed by atoms with van der Waals surface area (Å²) in [5.74, 6) is 1.54. The number of hydrogen-bond acceptors (Lipinski definition) is 4. The van der Waals surface area contributed by atoms with Gasteiger partial charge < -0.3 is 13.9 Å². The Hall–Kier alpha value is -3.31. The lowest BCUT2D eigenvalue weighted by atomic mass is 10.1. The second-order valence-corrected chi connectivity index (χ2v) is 7.29. The van der Waals surface area contributed by atoms with Crippen molar-refractivity contribution in [3.8, 4) is 22.8 Å². The topological polar surface area (TPSA) is 39.0 Å². The molecule has 2 heterocycles. The summed E-state index contributed by atoms with van der Waals surface area (Å²) < 4.78 is 13.3. The lowest BCUT2D eigenvalue weighted by molar-refractivity contribution is 0.304. The van der Waals surface area contributed by atoms with Gasteiger partial charge in [0.05, 0.1) is 25.1 Å². The molecule has 2 aromatic carbocycles. The number of ether oxygens (including phenoxy) is 2. The highest BCUT2D eigenvalue weighted by molar-refractivity contribution is 5.66. The van der Waals surface area contributed by atoms with Crippen molar-refractivity contribution in [3.05, 3.63) is 84.2 Å². The average Bonchev–Trinajstić information content (AvgIpc) is 3.14. The van der Waals surface area contributed by atoms with Crippen LogP contribution >= 0.6 is 0 Å². The molecule has 4 rings (SSSR count). The van der Waals surface area contributed by atoms with Crippen molar-refractivity contribution in [3.63, 3.8) is 0 Å². The average molecular weight is 402 g/mol. The van der Waals surface area contributed by atoms with Crippen molar-refractivity contribution in [1.82, 2.24) is 14.3 Å². The fourth-order valence-corrected chi connectivity index (χ4v) is 3.73. The van der Waals surface area contributed by atoms with Crippen LogP contribution in [0.1, 0.15) is 18.2 Å². The van der Waals surface area contributed by atoms with Crippen molar-refractivity contribution >= 4 is 5.65 Å². The molecule has 5 nitrogen and oxygen atoms in total. The summed E-state index contributed by atoms with van der Waals surface area (Å²) in [5, 5.41) is 0. The molecule has 0 aliphatic carbocycles. The van der Waals surface area contributed by atoms with E-state index >= 15 is 0 Å². The molecular formula is C25H27N3O2.